The number of unbranched alkanes of at least 4 members (excludes halogenated alkanes) is 31. The van der Waals surface area contributed by atoms with E-state index in [2.05, 4.69) is 92.1 Å². The molecule has 3 atom stereocenters. The minimum Gasteiger partial charge on any atom is -0.391 e. The van der Waals surface area contributed by atoms with E-state index in [1.807, 2.05) is 21.1 Å². The van der Waals surface area contributed by atoms with Gasteiger partial charge in [0.15, 0.2) is 0 Å². The third kappa shape index (κ3) is 57.5. The van der Waals surface area contributed by atoms with Gasteiger partial charge in [-0.15, -0.1) is 0 Å². The van der Waals surface area contributed by atoms with Gasteiger partial charge in [0.25, 0.3) is 0 Å². The predicted molar refractivity (Wildman–Crippen MR) is 318 cm³/mol. The Bertz CT molecular complexity index is 1420. The monoisotopic (exact) mass is 1040 g/mol. The summed E-state index contributed by atoms with van der Waals surface area (Å²) in [6, 6.07) is -0.790. The molecule has 0 aliphatic heterocycles. The zero-order valence-corrected chi connectivity index (χ0v) is 49.5. The van der Waals surface area contributed by atoms with E-state index < -0.39 is 20.0 Å². The molecule has 1 amide bonds. The summed E-state index contributed by atoms with van der Waals surface area (Å²) in [4.78, 5) is 23.3. The van der Waals surface area contributed by atoms with Crippen molar-refractivity contribution in [2.75, 3.05) is 40.9 Å². The Morgan fingerprint density at radius 3 is 1.18 bits per heavy atom. The minimum atomic E-state index is -4.34. The average Bonchev–Trinajstić information content (AvgIpc) is 3.35. The quantitative estimate of drug-likeness (QED) is 0.0243. The van der Waals surface area contributed by atoms with Crippen molar-refractivity contribution in [3.63, 3.8) is 0 Å². The van der Waals surface area contributed by atoms with Crippen LogP contribution in [-0.4, -0.2) is 73.4 Å². The van der Waals surface area contributed by atoms with Crippen molar-refractivity contribution < 1.29 is 32.9 Å². The van der Waals surface area contributed by atoms with Crippen LogP contribution >= 0.6 is 7.82 Å². The topological polar surface area (TPSA) is 105 Å². The SMILES string of the molecule is CC/C=C\C/C=C\C/C=C\C/C=C\C/C=C\C/C=C\CCCCC(=O)NC(COP(=O)(O)OCC[N+](C)(C)C)C(O)CCCCCCCCCCCCCCCCCCCCCCCCCCCCCCCC. The van der Waals surface area contributed by atoms with Crippen LogP contribution in [0, 0.1) is 0 Å². The first kappa shape index (κ1) is 70.9. The van der Waals surface area contributed by atoms with E-state index in [0.717, 1.165) is 70.6 Å². The molecule has 8 nitrogen and oxygen atoms in total. The molecule has 0 fully saturated rings. The van der Waals surface area contributed by atoms with Crippen molar-refractivity contribution >= 4 is 13.7 Å². The molecule has 0 saturated heterocycles. The van der Waals surface area contributed by atoms with E-state index >= 15 is 0 Å². The summed E-state index contributed by atoms with van der Waals surface area (Å²) in [5.41, 5.74) is 0. The lowest BCUT2D eigenvalue weighted by molar-refractivity contribution is -0.870. The number of carbonyl (C=O) groups is 1. The van der Waals surface area contributed by atoms with Crippen LogP contribution in [0.15, 0.2) is 72.9 Å². The molecule has 0 bridgehead atoms. The lowest BCUT2D eigenvalue weighted by Crippen LogP contribution is -2.46. The lowest BCUT2D eigenvalue weighted by Gasteiger charge is -2.26. The standard InChI is InChI=1S/C64H119N2O6P/c1-6-8-10-12-14-16-18-20-22-24-26-28-29-30-31-32-33-34-35-36-38-39-41-43-45-47-49-51-53-55-57-63(67)62(61-72-73(69,70)71-60-59-66(3,4)5)65-64(68)58-56-54-52-50-48-46-44-42-40-37-27-25-23-21-19-17-15-13-11-9-7-2/h9,11,15,17,21,23,27,37,42,44,48,50,62-63,67H,6-8,10,12-14,16,18-20,22,24-26,28-36,38-41,43,45-47,49,51-61H2,1-5H3,(H-,65,68,69,70)/p+1/b11-9-,17-15-,23-21-,37-27-,44-42-,50-48-. The maximum Gasteiger partial charge on any atom is 0.472 e. The Kier molecular flexibility index (Phi) is 53.2. The molecule has 3 unspecified atom stereocenters. The minimum absolute atomic E-state index is 0.0628. The van der Waals surface area contributed by atoms with Gasteiger partial charge < -0.3 is 19.8 Å². The first-order valence-electron chi connectivity index (χ1n) is 30.8. The molecule has 73 heavy (non-hydrogen) atoms. The zero-order chi connectivity index (χ0) is 53.5. The van der Waals surface area contributed by atoms with E-state index in [-0.39, 0.29) is 19.1 Å². The average molecular weight is 1040 g/mol. The summed E-state index contributed by atoms with van der Waals surface area (Å²) < 4.78 is 23.8. The first-order chi connectivity index (χ1) is 35.5. The van der Waals surface area contributed by atoms with Gasteiger partial charge in [-0.25, -0.2) is 4.57 Å². The Morgan fingerprint density at radius 1 is 0.479 bits per heavy atom. The highest BCUT2D eigenvalue weighted by atomic mass is 31.2. The van der Waals surface area contributed by atoms with E-state index in [0.29, 0.717) is 30.3 Å². The Hall–Kier alpha value is -2.06. The fraction of sp³-hybridized carbons (Fsp3) is 0.797. The molecule has 0 aromatic heterocycles. The maximum absolute atomic E-state index is 13.0. The van der Waals surface area contributed by atoms with Gasteiger partial charge in [0.05, 0.1) is 39.9 Å². The largest absolute Gasteiger partial charge is 0.472 e. The lowest BCUT2D eigenvalue weighted by atomic mass is 10.0. The summed E-state index contributed by atoms with van der Waals surface area (Å²) in [6.07, 6.45) is 75.6. The van der Waals surface area contributed by atoms with Crippen LogP contribution in [0.5, 0.6) is 0 Å². The number of carbonyl (C=O) groups excluding carboxylic acids is 1. The smallest absolute Gasteiger partial charge is 0.391 e. The summed E-state index contributed by atoms with van der Waals surface area (Å²) in [5.74, 6) is -0.185. The Balaban J connectivity index is 4.16. The number of hydrogen-bond acceptors (Lipinski definition) is 5. The molecule has 0 aliphatic carbocycles. The number of likely N-dealkylation sites (N-methyl/N-ethyl adjacent to an activating group) is 1. The predicted octanol–water partition coefficient (Wildman–Crippen LogP) is 19.0. The second-order valence-corrected chi connectivity index (χ2v) is 23.5. The van der Waals surface area contributed by atoms with E-state index in [4.69, 9.17) is 9.05 Å². The van der Waals surface area contributed by atoms with Gasteiger partial charge in [-0.05, 0) is 64.2 Å². The van der Waals surface area contributed by atoms with Crippen molar-refractivity contribution in [1.82, 2.24) is 5.32 Å². The molecule has 3 N–H and O–H groups in total. The van der Waals surface area contributed by atoms with Crippen LogP contribution in [0.2, 0.25) is 0 Å². The number of rotatable bonds is 56. The van der Waals surface area contributed by atoms with Gasteiger partial charge in [-0.2, -0.15) is 0 Å². The van der Waals surface area contributed by atoms with Gasteiger partial charge in [0.1, 0.15) is 13.2 Å². The van der Waals surface area contributed by atoms with Crippen molar-refractivity contribution in [3.05, 3.63) is 72.9 Å². The van der Waals surface area contributed by atoms with Gasteiger partial charge >= 0.3 is 7.82 Å². The fourth-order valence-electron chi connectivity index (χ4n) is 8.93. The van der Waals surface area contributed by atoms with Gasteiger partial charge in [-0.1, -0.05) is 279 Å². The number of nitrogens with one attached hydrogen (secondary N) is 1. The third-order valence-electron chi connectivity index (χ3n) is 13.7. The van der Waals surface area contributed by atoms with Crippen molar-refractivity contribution in [3.8, 4) is 0 Å². The Labute approximate surface area is 453 Å². The number of phosphoric acid groups is 1. The molecular formula is C64H120N2O6P+. The highest BCUT2D eigenvalue weighted by molar-refractivity contribution is 7.47. The second kappa shape index (κ2) is 54.7. The molecule has 0 rings (SSSR count). The van der Waals surface area contributed by atoms with E-state index in [9.17, 15) is 19.4 Å². The molecule has 0 aliphatic rings. The maximum atomic E-state index is 13.0. The van der Waals surface area contributed by atoms with Gasteiger partial charge in [0, 0.05) is 6.42 Å². The van der Waals surface area contributed by atoms with Gasteiger partial charge in [-0.3, -0.25) is 13.8 Å². The first-order valence-corrected chi connectivity index (χ1v) is 32.3. The summed E-state index contributed by atoms with van der Waals surface area (Å²) in [5, 5.41) is 14.1. The number of aliphatic hydroxyl groups is 1. The highest BCUT2D eigenvalue weighted by Crippen LogP contribution is 2.43. The molecule has 0 aromatic rings. The number of phosphoric ester groups is 1. The molecule has 9 heteroatoms. The highest BCUT2D eigenvalue weighted by Gasteiger charge is 2.28. The number of allylic oxidation sites excluding steroid dienone is 12. The number of amides is 1. The van der Waals surface area contributed by atoms with Crippen molar-refractivity contribution in [1.29, 1.82) is 0 Å². The summed E-state index contributed by atoms with van der Waals surface area (Å²) in [6.45, 7) is 4.76. The molecule has 0 aromatic carbocycles. The van der Waals surface area contributed by atoms with Gasteiger partial charge in [0.2, 0.25) is 5.91 Å². The number of nitrogens with zero attached hydrogens (tertiary/aromatic N) is 1. The van der Waals surface area contributed by atoms with E-state index in [1.165, 1.54) is 173 Å². The molecule has 0 spiro atoms. The van der Waals surface area contributed by atoms with E-state index in [1.54, 1.807) is 0 Å². The van der Waals surface area contributed by atoms with Crippen LogP contribution in [0.3, 0.4) is 0 Å². The molecule has 426 valence electrons. The normalized spacial score (nSPS) is 14.3. The molecule has 0 saturated carbocycles. The van der Waals surface area contributed by atoms with Crippen LogP contribution < -0.4 is 5.32 Å². The molecule has 0 radical (unpaired) electrons. The van der Waals surface area contributed by atoms with Crippen LogP contribution in [-0.2, 0) is 18.4 Å². The number of aliphatic hydroxyl groups excluding tert-OH is 1. The number of quaternary nitrogens is 1. The van der Waals surface area contributed by atoms with Crippen molar-refractivity contribution in [2.45, 2.75) is 289 Å². The van der Waals surface area contributed by atoms with Crippen molar-refractivity contribution in [2.24, 2.45) is 0 Å². The summed E-state index contributed by atoms with van der Waals surface area (Å²) in [7, 11) is 1.58. The van der Waals surface area contributed by atoms with Crippen LogP contribution in [0.25, 0.3) is 0 Å². The molecular weight excluding hydrogens is 924 g/mol. The zero-order valence-electron chi connectivity index (χ0n) is 48.6. The molecule has 0 heterocycles. The Morgan fingerprint density at radius 2 is 0.822 bits per heavy atom. The number of hydrogen-bond donors (Lipinski definition) is 3. The second-order valence-electron chi connectivity index (χ2n) is 22.1. The fourth-order valence-corrected chi connectivity index (χ4v) is 9.67. The van der Waals surface area contributed by atoms with Crippen LogP contribution in [0.1, 0.15) is 277 Å². The third-order valence-corrected chi connectivity index (χ3v) is 14.7. The van der Waals surface area contributed by atoms with Crippen LogP contribution in [0.4, 0.5) is 0 Å². The summed E-state index contributed by atoms with van der Waals surface area (Å²) >= 11 is 0.